The highest BCUT2D eigenvalue weighted by Crippen LogP contribution is 2.24. The van der Waals surface area contributed by atoms with E-state index in [1.165, 1.54) is 19.1 Å². The monoisotopic (exact) mass is 477 g/mol. The highest BCUT2D eigenvalue weighted by Gasteiger charge is 2.30. The van der Waals surface area contributed by atoms with Crippen molar-refractivity contribution in [1.82, 2.24) is 9.03 Å². The molecule has 1 fully saturated rings. The third-order valence-electron chi connectivity index (χ3n) is 4.27. The number of hydrogen-bond donors (Lipinski definition) is 2. The fourth-order valence-corrected chi connectivity index (χ4v) is 6.43. The topological polar surface area (TPSA) is 122 Å². The van der Waals surface area contributed by atoms with Gasteiger partial charge in [0.25, 0.3) is 10.0 Å². The molecule has 0 saturated carbocycles. The number of thiophene rings is 1. The van der Waals surface area contributed by atoms with Crippen LogP contribution in [0.4, 0.5) is 10.1 Å². The lowest BCUT2D eigenvalue weighted by Gasteiger charge is -2.26. The molecular formula is C17H20FN3O6S3. The fourth-order valence-electron chi connectivity index (χ4n) is 2.72. The van der Waals surface area contributed by atoms with E-state index in [1.54, 1.807) is 11.4 Å². The van der Waals surface area contributed by atoms with Gasteiger partial charge in [-0.05, 0) is 36.6 Å². The third-order valence-corrected chi connectivity index (χ3v) is 9.12. The summed E-state index contributed by atoms with van der Waals surface area (Å²) in [4.78, 5) is 11.8. The zero-order valence-corrected chi connectivity index (χ0v) is 18.3. The molecule has 1 aliphatic heterocycles. The number of halogens is 1. The van der Waals surface area contributed by atoms with Gasteiger partial charge in [-0.25, -0.2) is 21.2 Å². The van der Waals surface area contributed by atoms with Gasteiger partial charge in [0.1, 0.15) is 14.9 Å². The Morgan fingerprint density at radius 3 is 2.53 bits per heavy atom. The van der Waals surface area contributed by atoms with E-state index in [4.69, 9.17) is 4.74 Å². The van der Waals surface area contributed by atoms with Gasteiger partial charge in [-0.2, -0.15) is 9.03 Å². The first-order chi connectivity index (χ1) is 14.1. The highest BCUT2D eigenvalue weighted by atomic mass is 32.2. The van der Waals surface area contributed by atoms with Crippen molar-refractivity contribution in [2.24, 2.45) is 0 Å². The van der Waals surface area contributed by atoms with Crippen LogP contribution >= 0.6 is 11.3 Å². The Morgan fingerprint density at radius 2 is 1.90 bits per heavy atom. The maximum atomic E-state index is 14.3. The molecule has 1 aromatic heterocycles. The van der Waals surface area contributed by atoms with Crippen molar-refractivity contribution >= 4 is 43.0 Å². The van der Waals surface area contributed by atoms with Crippen molar-refractivity contribution in [1.29, 1.82) is 0 Å². The predicted molar refractivity (Wildman–Crippen MR) is 109 cm³/mol. The molecule has 30 heavy (non-hydrogen) atoms. The van der Waals surface area contributed by atoms with Crippen molar-refractivity contribution in [2.45, 2.75) is 22.1 Å². The van der Waals surface area contributed by atoms with E-state index in [0.717, 1.165) is 27.8 Å². The summed E-state index contributed by atoms with van der Waals surface area (Å²) < 4.78 is 72.7. The van der Waals surface area contributed by atoms with Crippen LogP contribution in [-0.4, -0.2) is 59.4 Å². The minimum absolute atomic E-state index is 0.0235. The molecule has 1 atom stereocenters. The van der Waals surface area contributed by atoms with E-state index in [2.05, 4.69) is 10.0 Å². The normalized spacial score (nSPS) is 16.9. The summed E-state index contributed by atoms with van der Waals surface area (Å²) >= 11 is 1.00. The Hall–Kier alpha value is -1.90. The van der Waals surface area contributed by atoms with E-state index in [9.17, 15) is 26.0 Å². The lowest BCUT2D eigenvalue weighted by atomic mass is 10.3. The van der Waals surface area contributed by atoms with Crippen molar-refractivity contribution in [3.63, 3.8) is 0 Å². The molecule has 9 nitrogen and oxygen atoms in total. The number of rotatable bonds is 7. The molecular weight excluding hydrogens is 457 g/mol. The largest absolute Gasteiger partial charge is 0.379 e. The summed E-state index contributed by atoms with van der Waals surface area (Å²) in [7, 11) is -7.99. The second-order valence-corrected chi connectivity index (χ2v) is 11.2. The average molecular weight is 478 g/mol. The van der Waals surface area contributed by atoms with Crippen molar-refractivity contribution in [3.05, 3.63) is 41.5 Å². The SMILES string of the molecule is CC(NS(=O)(=O)c1cccs1)C(=O)Nc1ccc(F)c(S(=O)(=O)N2CCOCC2)c1. The molecule has 1 amide bonds. The van der Waals surface area contributed by atoms with Crippen LogP contribution in [0, 0.1) is 5.82 Å². The van der Waals surface area contributed by atoms with Gasteiger partial charge in [0.05, 0.1) is 19.3 Å². The molecule has 0 bridgehead atoms. The first-order valence-electron chi connectivity index (χ1n) is 8.85. The number of morpholine rings is 1. The predicted octanol–water partition coefficient (Wildman–Crippen LogP) is 1.21. The Balaban J connectivity index is 1.75. The van der Waals surface area contributed by atoms with Crippen LogP contribution < -0.4 is 10.0 Å². The van der Waals surface area contributed by atoms with E-state index < -0.39 is 42.7 Å². The zero-order valence-electron chi connectivity index (χ0n) is 15.9. The number of carbonyl (C=O) groups is 1. The Morgan fingerprint density at radius 1 is 1.20 bits per heavy atom. The minimum Gasteiger partial charge on any atom is -0.379 e. The van der Waals surface area contributed by atoms with Gasteiger partial charge >= 0.3 is 0 Å². The second kappa shape index (κ2) is 9.08. The smallest absolute Gasteiger partial charge is 0.250 e. The number of ether oxygens (including phenoxy) is 1. The van der Waals surface area contributed by atoms with E-state index in [-0.39, 0.29) is 36.2 Å². The number of benzene rings is 1. The van der Waals surface area contributed by atoms with Crippen LogP contribution in [0.2, 0.25) is 0 Å². The van der Waals surface area contributed by atoms with Gasteiger partial charge in [0, 0.05) is 18.8 Å². The molecule has 3 rings (SSSR count). The Bertz CT molecular complexity index is 1110. The van der Waals surface area contributed by atoms with Gasteiger partial charge in [-0.15, -0.1) is 11.3 Å². The molecule has 1 unspecified atom stereocenters. The number of hydrogen-bond acceptors (Lipinski definition) is 7. The maximum Gasteiger partial charge on any atom is 0.250 e. The van der Waals surface area contributed by atoms with Crippen molar-refractivity contribution < 1.29 is 30.8 Å². The Kier molecular flexibility index (Phi) is 6.89. The first-order valence-corrected chi connectivity index (χ1v) is 12.7. The molecule has 1 aromatic carbocycles. The maximum absolute atomic E-state index is 14.3. The van der Waals surface area contributed by atoms with Gasteiger partial charge in [-0.3, -0.25) is 4.79 Å². The van der Waals surface area contributed by atoms with E-state index in [1.807, 2.05) is 0 Å². The standard InChI is InChI=1S/C17H20FN3O6S3/c1-12(20-29(23,24)16-3-2-10-28-16)17(22)19-13-4-5-14(18)15(11-13)30(25,26)21-6-8-27-9-7-21/h2-5,10-12,20H,6-9H2,1H3,(H,19,22). The summed E-state index contributed by atoms with van der Waals surface area (Å²) in [6.07, 6.45) is 0. The molecule has 2 heterocycles. The van der Waals surface area contributed by atoms with Crippen LogP contribution in [0.3, 0.4) is 0 Å². The van der Waals surface area contributed by atoms with Crippen molar-refractivity contribution in [3.8, 4) is 0 Å². The van der Waals surface area contributed by atoms with E-state index >= 15 is 0 Å². The number of nitrogens with one attached hydrogen (secondary N) is 2. The number of amides is 1. The van der Waals surface area contributed by atoms with Gasteiger partial charge in [0.2, 0.25) is 15.9 Å². The number of sulfonamides is 2. The molecule has 1 aliphatic rings. The van der Waals surface area contributed by atoms with Gasteiger partial charge < -0.3 is 10.1 Å². The molecule has 2 aromatic rings. The zero-order chi connectivity index (χ0) is 21.9. The molecule has 13 heteroatoms. The Labute approximate surface area is 177 Å². The van der Waals surface area contributed by atoms with Crippen LogP contribution in [0.5, 0.6) is 0 Å². The summed E-state index contributed by atoms with van der Waals surface area (Å²) in [5, 5.41) is 4.01. The third kappa shape index (κ3) is 5.04. The van der Waals surface area contributed by atoms with E-state index in [0.29, 0.717) is 0 Å². The lowest BCUT2D eigenvalue weighted by Crippen LogP contribution is -2.41. The average Bonchev–Trinajstić information content (AvgIpc) is 3.25. The fraction of sp³-hybridized carbons (Fsp3) is 0.353. The summed E-state index contributed by atoms with van der Waals surface area (Å²) in [5.41, 5.74) is 0.0235. The van der Waals surface area contributed by atoms with Crippen molar-refractivity contribution in [2.75, 3.05) is 31.6 Å². The molecule has 164 valence electrons. The number of nitrogens with zero attached hydrogens (tertiary/aromatic N) is 1. The summed E-state index contributed by atoms with van der Waals surface area (Å²) in [6, 6.07) is 4.97. The molecule has 1 saturated heterocycles. The van der Waals surface area contributed by atoms with Gasteiger partial charge in [0.15, 0.2) is 0 Å². The molecule has 2 N–H and O–H groups in total. The lowest BCUT2D eigenvalue weighted by molar-refractivity contribution is -0.117. The molecule has 0 radical (unpaired) electrons. The molecule has 0 aliphatic carbocycles. The van der Waals surface area contributed by atoms with Gasteiger partial charge in [-0.1, -0.05) is 6.07 Å². The van der Waals surface area contributed by atoms with Crippen LogP contribution in [0.15, 0.2) is 44.8 Å². The minimum atomic E-state index is -4.11. The first kappa shape index (κ1) is 22.8. The highest BCUT2D eigenvalue weighted by molar-refractivity contribution is 7.91. The van der Waals surface area contributed by atoms with Crippen LogP contribution in [0.1, 0.15) is 6.92 Å². The second-order valence-electron chi connectivity index (χ2n) is 6.43. The number of anilines is 1. The molecule has 0 spiro atoms. The summed E-state index contributed by atoms with van der Waals surface area (Å²) in [6.45, 7) is 1.95. The summed E-state index contributed by atoms with van der Waals surface area (Å²) in [5.74, 6) is -1.68. The van der Waals surface area contributed by atoms with Crippen LogP contribution in [-0.2, 0) is 29.6 Å². The van der Waals surface area contributed by atoms with Crippen LogP contribution in [0.25, 0.3) is 0 Å². The quantitative estimate of drug-likeness (QED) is 0.618. The number of carbonyl (C=O) groups excluding carboxylic acids is 1.